The average Bonchev–Trinajstić information content (AvgIpc) is 2.83. The first kappa shape index (κ1) is 27.2. The van der Waals surface area contributed by atoms with E-state index in [1.165, 1.54) is 6.42 Å². The summed E-state index contributed by atoms with van der Waals surface area (Å²) in [6.45, 7) is 2.11. The van der Waals surface area contributed by atoms with Gasteiger partial charge in [-0.15, -0.1) is 11.8 Å². The van der Waals surface area contributed by atoms with Crippen LogP contribution in [0.3, 0.4) is 0 Å². The summed E-state index contributed by atoms with van der Waals surface area (Å²) in [6.07, 6.45) is 6.57. The quantitative estimate of drug-likeness (QED) is 0.252. The molecule has 2 aromatic rings. The van der Waals surface area contributed by atoms with E-state index in [2.05, 4.69) is 5.32 Å². The van der Waals surface area contributed by atoms with E-state index < -0.39 is 6.04 Å². The number of thioether (sulfide) groups is 1. The van der Waals surface area contributed by atoms with Crippen LogP contribution in [0.1, 0.15) is 57.4 Å². The number of nitrogens with zero attached hydrogens (tertiary/aromatic N) is 1. The molecule has 34 heavy (non-hydrogen) atoms. The molecule has 184 valence electrons. The number of hydrogen-bond donors (Lipinski definition) is 1. The molecule has 0 spiro atoms. The van der Waals surface area contributed by atoms with Crippen molar-refractivity contribution in [2.24, 2.45) is 0 Å². The first-order chi connectivity index (χ1) is 16.3. The van der Waals surface area contributed by atoms with Crippen LogP contribution in [0.5, 0.6) is 0 Å². The molecule has 0 saturated heterocycles. The van der Waals surface area contributed by atoms with Crippen LogP contribution in [-0.2, 0) is 16.1 Å². The van der Waals surface area contributed by atoms with E-state index in [0.29, 0.717) is 34.5 Å². The Labute approximate surface area is 221 Å². The molecule has 3 rings (SSSR count). The lowest BCUT2D eigenvalue weighted by molar-refractivity contribution is -0.141. The maximum Gasteiger partial charge on any atom is 0.242 e. The molecule has 1 saturated carbocycles. The SMILES string of the molecule is C[C@H](C(=O)NC1CCCCC1)N(Cc1ccc(Cl)c(Cl)c1)C(=O)CCCSc1ccc(Cl)cc1. The molecule has 1 atom stereocenters. The fourth-order valence-electron chi connectivity index (χ4n) is 4.07. The van der Waals surface area contributed by atoms with Crippen LogP contribution < -0.4 is 5.32 Å². The summed E-state index contributed by atoms with van der Waals surface area (Å²) >= 11 is 19.9. The molecule has 1 N–H and O–H groups in total. The molecule has 2 amide bonds. The molecule has 1 aliphatic rings. The van der Waals surface area contributed by atoms with Gasteiger partial charge in [-0.1, -0.05) is 60.1 Å². The summed E-state index contributed by atoms with van der Waals surface area (Å²) in [5, 5.41) is 4.76. The molecular formula is C26H31Cl3N2O2S. The lowest BCUT2D eigenvalue weighted by Crippen LogP contribution is -2.50. The zero-order valence-corrected chi connectivity index (χ0v) is 22.5. The molecule has 0 radical (unpaired) electrons. The van der Waals surface area contributed by atoms with Crippen molar-refractivity contribution in [2.75, 3.05) is 5.75 Å². The van der Waals surface area contributed by atoms with Crippen LogP contribution in [-0.4, -0.2) is 34.6 Å². The number of nitrogens with one attached hydrogen (secondary N) is 1. The van der Waals surface area contributed by atoms with Gasteiger partial charge in [0.1, 0.15) is 6.04 Å². The van der Waals surface area contributed by atoms with Gasteiger partial charge in [0.05, 0.1) is 10.0 Å². The van der Waals surface area contributed by atoms with Gasteiger partial charge in [-0.3, -0.25) is 9.59 Å². The van der Waals surface area contributed by atoms with Gasteiger partial charge < -0.3 is 10.2 Å². The number of carbonyl (C=O) groups is 2. The summed E-state index contributed by atoms with van der Waals surface area (Å²) in [5.74, 6) is 0.654. The Bertz CT molecular complexity index is 965. The molecule has 0 aromatic heterocycles. The molecule has 4 nitrogen and oxygen atoms in total. The van der Waals surface area contributed by atoms with Gasteiger partial charge in [0, 0.05) is 28.9 Å². The van der Waals surface area contributed by atoms with E-state index in [9.17, 15) is 9.59 Å². The topological polar surface area (TPSA) is 49.4 Å². The summed E-state index contributed by atoms with van der Waals surface area (Å²) in [5.41, 5.74) is 0.843. The van der Waals surface area contributed by atoms with Crippen LogP contribution in [0, 0.1) is 0 Å². The van der Waals surface area contributed by atoms with Crippen molar-refractivity contribution in [3.63, 3.8) is 0 Å². The molecule has 0 bridgehead atoms. The van der Waals surface area contributed by atoms with Crippen molar-refractivity contribution in [3.8, 4) is 0 Å². The van der Waals surface area contributed by atoms with E-state index in [1.807, 2.05) is 30.3 Å². The molecule has 8 heteroatoms. The summed E-state index contributed by atoms with van der Waals surface area (Å²) in [4.78, 5) is 29.1. The van der Waals surface area contributed by atoms with Crippen molar-refractivity contribution in [1.29, 1.82) is 0 Å². The molecule has 0 aliphatic heterocycles. The van der Waals surface area contributed by atoms with Crippen LogP contribution in [0.15, 0.2) is 47.4 Å². The minimum Gasteiger partial charge on any atom is -0.352 e. The van der Waals surface area contributed by atoms with Gasteiger partial charge >= 0.3 is 0 Å². The third kappa shape index (κ3) is 8.37. The Hall–Kier alpha value is -1.40. The highest BCUT2D eigenvalue weighted by molar-refractivity contribution is 7.99. The number of hydrogen-bond acceptors (Lipinski definition) is 3. The second-order valence-electron chi connectivity index (χ2n) is 8.70. The van der Waals surface area contributed by atoms with Gasteiger partial charge in [-0.2, -0.15) is 0 Å². The van der Waals surface area contributed by atoms with Crippen LogP contribution in [0.25, 0.3) is 0 Å². The molecular weight excluding hydrogens is 511 g/mol. The lowest BCUT2D eigenvalue weighted by Gasteiger charge is -2.31. The number of halogens is 3. The molecule has 2 aromatic carbocycles. The van der Waals surface area contributed by atoms with Crippen molar-refractivity contribution >= 4 is 58.4 Å². The predicted octanol–water partition coefficient (Wildman–Crippen LogP) is 7.39. The zero-order valence-electron chi connectivity index (χ0n) is 19.4. The first-order valence-electron chi connectivity index (χ1n) is 11.8. The second kappa shape index (κ2) is 13.6. The van der Waals surface area contributed by atoms with Crippen molar-refractivity contribution in [1.82, 2.24) is 10.2 Å². The third-order valence-electron chi connectivity index (χ3n) is 6.07. The maximum absolute atomic E-state index is 13.3. The standard InChI is InChI=1S/C26H31Cl3N2O2S/c1-18(26(33)30-21-6-3-2-4-7-21)31(17-19-9-14-23(28)24(29)16-19)25(32)8-5-15-34-22-12-10-20(27)11-13-22/h9-14,16,18,21H,2-8,15,17H2,1H3,(H,30,33)/t18-/m1/s1. The molecule has 1 aliphatic carbocycles. The molecule has 0 unspecified atom stereocenters. The number of rotatable bonds is 10. The van der Waals surface area contributed by atoms with Crippen LogP contribution >= 0.6 is 46.6 Å². The third-order valence-corrected chi connectivity index (χ3v) is 8.16. The van der Waals surface area contributed by atoms with Crippen molar-refractivity contribution in [3.05, 3.63) is 63.1 Å². The Morgan fingerprint density at radius 1 is 1.03 bits per heavy atom. The Morgan fingerprint density at radius 2 is 1.74 bits per heavy atom. The van der Waals surface area contributed by atoms with Gasteiger partial charge in [0.2, 0.25) is 11.8 Å². The lowest BCUT2D eigenvalue weighted by atomic mass is 9.95. The minimum atomic E-state index is -0.576. The van der Waals surface area contributed by atoms with Gasteiger partial charge in [-0.25, -0.2) is 0 Å². The Morgan fingerprint density at radius 3 is 2.41 bits per heavy atom. The van der Waals surface area contributed by atoms with E-state index in [1.54, 1.807) is 35.7 Å². The number of carbonyl (C=O) groups excluding carboxylic acids is 2. The average molecular weight is 542 g/mol. The van der Waals surface area contributed by atoms with E-state index in [4.69, 9.17) is 34.8 Å². The number of amides is 2. The molecule has 0 heterocycles. The smallest absolute Gasteiger partial charge is 0.242 e. The van der Waals surface area contributed by atoms with E-state index in [-0.39, 0.29) is 17.9 Å². The number of benzene rings is 2. The van der Waals surface area contributed by atoms with Gasteiger partial charge in [-0.05, 0) is 73.9 Å². The second-order valence-corrected chi connectivity index (χ2v) is 11.1. The minimum absolute atomic E-state index is 0.0472. The van der Waals surface area contributed by atoms with Gasteiger partial charge in [0.15, 0.2) is 0 Å². The van der Waals surface area contributed by atoms with Crippen LogP contribution in [0.4, 0.5) is 0 Å². The fraction of sp³-hybridized carbons (Fsp3) is 0.462. The summed E-state index contributed by atoms with van der Waals surface area (Å²) in [7, 11) is 0. The van der Waals surface area contributed by atoms with Crippen LogP contribution in [0.2, 0.25) is 15.1 Å². The van der Waals surface area contributed by atoms with Gasteiger partial charge in [0.25, 0.3) is 0 Å². The fourth-order valence-corrected chi connectivity index (χ4v) is 5.37. The highest BCUT2D eigenvalue weighted by atomic mass is 35.5. The summed E-state index contributed by atoms with van der Waals surface area (Å²) in [6, 6.07) is 12.6. The largest absolute Gasteiger partial charge is 0.352 e. The Balaban J connectivity index is 1.62. The highest BCUT2D eigenvalue weighted by Gasteiger charge is 2.28. The van der Waals surface area contributed by atoms with E-state index in [0.717, 1.165) is 41.9 Å². The Kier molecular flexibility index (Phi) is 10.9. The first-order valence-corrected chi connectivity index (χ1v) is 13.9. The maximum atomic E-state index is 13.3. The highest BCUT2D eigenvalue weighted by Crippen LogP contribution is 2.25. The van der Waals surface area contributed by atoms with Crippen molar-refractivity contribution in [2.45, 2.75) is 75.4 Å². The predicted molar refractivity (Wildman–Crippen MR) is 143 cm³/mol. The summed E-state index contributed by atoms with van der Waals surface area (Å²) < 4.78 is 0. The normalized spacial score (nSPS) is 15.1. The zero-order chi connectivity index (χ0) is 24.5. The molecule has 1 fully saturated rings. The van der Waals surface area contributed by atoms with E-state index >= 15 is 0 Å². The monoisotopic (exact) mass is 540 g/mol. The van der Waals surface area contributed by atoms with Crippen molar-refractivity contribution < 1.29 is 9.59 Å².